The second-order valence-electron chi connectivity index (χ2n) is 1.26. The van der Waals surface area contributed by atoms with Crippen LogP contribution < -0.4 is 0 Å². The monoisotopic (exact) mass is 128 g/mol. The van der Waals surface area contributed by atoms with E-state index < -0.39 is 0 Å². The highest BCUT2D eigenvalue weighted by Gasteiger charge is 1.91. The van der Waals surface area contributed by atoms with Gasteiger partial charge in [0.15, 0.2) is 6.29 Å². The molecule has 4 heteroatoms. The van der Waals surface area contributed by atoms with Gasteiger partial charge in [-0.15, -0.1) is 0 Å². The van der Waals surface area contributed by atoms with Crippen LogP contribution >= 0.6 is 12.8 Å². The van der Waals surface area contributed by atoms with E-state index in [9.17, 15) is 4.79 Å². The largest absolute Gasteiger partial charge is 0.296 e. The molecule has 0 saturated heterocycles. The number of nitrogens with zero attached hydrogens (tertiary/aromatic N) is 2. The first kappa shape index (κ1) is 5.37. The molecule has 0 unspecified atom stereocenters. The molecule has 0 N–H and O–H groups in total. The molecule has 0 aromatic carbocycles. The zero-order chi connectivity index (χ0) is 5.98. The van der Waals surface area contributed by atoms with E-state index in [0.717, 1.165) is 0 Å². The van der Waals surface area contributed by atoms with Crippen molar-refractivity contribution in [2.45, 2.75) is 0 Å². The lowest BCUT2D eigenvalue weighted by Crippen LogP contribution is -1.87. The third-order valence-electron chi connectivity index (χ3n) is 0.773. The van der Waals surface area contributed by atoms with Crippen molar-refractivity contribution in [1.82, 2.24) is 9.19 Å². The lowest BCUT2D eigenvalue weighted by atomic mass is 10.5. The average Bonchev–Trinajstić information content (AvgIpc) is 2.14. The van der Waals surface area contributed by atoms with Crippen molar-refractivity contribution in [3.8, 4) is 0 Å². The predicted octanol–water partition coefficient (Wildman–Crippen LogP) is 0.388. The predicted molar refractivity (Wildman–Crippen MR) is 32.0 cm³/mol. The fourth-order valence-electron chi connectivity index (χ4n) is 0.393. The van der Waals surface area contributed by atoms with Gasteiger partial charge in [0.25, 0.3) is 0 Å². The summed E-state index contributed by atoms with van der Waals surface area (Å²) in [5, 5.41) is 3.64. The van der Waals surface area contributed by atoms with Gasteiger partial charge < -0.3 is 0 Å². The summed E-state index contributed by atoms with van der Waals surface area (Å²) in [6.45, 7) is 0. The first-order valence-electron chi connectivity index (χ1n) is 2.03. The summed E-state index contributed by atoms with van der Waals surface area (Å²) in [5.41, 5.74) is 0.466. The molecule has 1 aromatic heterocycles. The smallest absolute Gasteiger partial charge is 0.169 e. The van der Waals surface area contributed by atoms with Crippen LogP contribution in [0.1, 0.15) is 10.5 Å². The molecular formula is C4H4N2OS. The van der Waals surface area contributed by atoms with Gasteiger partial charge in [-0.05, 0) is 18.9 Å². The fourth-order valence-corrected chi connectivity index (χ4v) is 0.566. The summed E-state index contributed by atoms with van der Waals surface area (Å²) in [4.78, 5) is 9.98. The Kier molecular flexibility index (Phi) is 1.34. The standard InChI is InChI=1S/C4H4N2OS/c7-3-4-1-2-5-6(4)8/h1-3,8H. The van der Waals surface area contributed by atoms with Crippen molar-refractivity contribution < 1.29 is 4.79 Å². The van der Waals surface area contributed by atoms with Crippen LogP contribution in [-0.2, 0) is 0 Å². The molecule has 0 radical (unpaired) electrons. The number of rotatable bonds is 1. The number of aldehydes is 1. The molecule has 1 heterocycles. The van der Waals surface area contributed by atoms with Crippen LogP contribution in [0.3, 0.4) is 0 Å². The van der Waals surface area contributed by atoms with Crippen LogP contribution in [0, 0.1) is 0 Å². The molecule has 0 aliphatic rings. The van der Waals surface area contributed by atoms with Gasteiger partial charge in [0.2, 0.25) is 0 Å². The Hall–Kier alpha value is -0.770. The van der Waals surface area contributed by atoms with E-state index in [1.54, 1.807) is 6.07 Å². The molecule has 0 saturated carbocycles. The normalized spacial score (nSPS) is 9.12. The number of carbonyl (C=O) groups is 1. The van der Waals surface area contributed by atoms with Crippen LogP contribution in [0.15, 0.2) is 12.3 Å². The summed E-state index contributed by atoms with van der Waals surface area (Å²) in [6.07, 6.45) is 2.21. The highest BCUT2D eigenvalue weighted by atomic mass is 32.1. The minimum absolute atomic E-state index is 0.466. The van der Waals surface area contributed by atoms with E-state index in [1.807, 2.05) is 0 Å². The SMILES string of the molecule is O=Cc1ccnn1S. The lowest BCUT2D eigenvalue weighted by molar-refractivity contribution is 0.111. The number of hydrogen-bond acceptors (Lipinski definition) is 3. The minimum Gasteiger partial charge on any atom is -0.296 e. The van der Waals surface area contributed by atoms with Crippen LogP contribution in [0.5, 0.6) is 0 Å². The van der Waals surface area contributed by atoms with Crippen molar-refractivity contribution in [2.24, 2.45) is 0 Å². The zero-order valence-corrected chi connectivity index (χ0v) is 4.88. The van der Waals surface area contributed by atoms with Gasteiger partial charge in [-0.25, -0.2) is 4.09 Å². The molecule has 42 valence electrons. The summed E-state index contributed by atoms with van der Waals surface area (Å²) in [5.74, 6) is 0. The number of carbonyl (C=O) groups excluding carboxylic acids is 1. The summed E-state index contributed by atoms with van der Waals surface area (Å²) >= 11 is 3.80. The molecule has 0 aliphatic heterocycles. The van der Waals surface area contributed by atoms with E-state index in [0.29, 0.717) is 12.0 Å². The van der Waals surface area contributed by atoms with Crippen molar-refractivity contribution in [1.29, 1.82) is 0 Å². The quantitative estimate of drug-likeness (QED) is 0.438. The van der Waals surface area contributed by atoms with Crippen LogP contribution in [0.25, 0.3) is 0 Å². The Morgan fingerprint density at radius 1 is 1.88 bits per heavy atom. The van der Waals surface area contributed by atoms with Gasteiger partial charge in [-0.2, -0.15) is 5.10 Å². The maximum atomic E-state index is 9.98. The van der Waals surface area contributed by atoms with Crippen molar-refractivity contribution in [2.75, 3.05) is 0 Å². The Labute approximate surface area is 51.9 Å². The minimum atomic E-state index is 0.466. The molecule has 1 aromatic rings. The molecule has 0 amide bonds. The molecule has 3 nitrogen and oxygen atoms in total. The molecular weight excluding hydrogens is 124 g/mol. The average molecular weight is 128 g/mol. The lowest BCUT2D eigenvalue weighted by Gasteiger charge is -1.84. The number of hydrogen-bond donors (Lipinski definition) is 1. The maximum Gasteiger partial charge on any atom is 0.169 e. The van der Waals surface area contributed by atoms with E-state index in [-0.39, 0.29) is 0 Å². The summed E-state index contributed by atoms with van der Waals surface area (Å²) < 4.78 is 1.22. The topological polar surface area (TPSA) is 34.9 Å². The Morgan fingerprint density at radius 2 is 2.62 bits per heavy atom. The van der Waals surface area contributed by atoms with Gasteiger partial charge in [0, 0.05) is 0 Å². The van der Waals surface area contributed by atoms with Crippen LogP contribution in [0.2, 0.25) is 0 Å². The first-order valence-corrected chi connectivity index (χ1v) is 2.43. The first-order chi connectivity index (χ1) is 3.84. The van der Waals surface area contributed by atoms with Crippen molar-refractivity contribution in [3.63, 3.8) is 0 Å². The molecule has 0 aliphatic carbocycles. The number of aromatic nitrogens is 2. The second-order valence-corrected chi connectivity index (χ2v) is 1.64. The third kappa shape index (κ3) is 0.742. The summed E-state index contributed by atoms with van der Waals surface area (Å²) in [6, 6.07) is 1.58. The Balaban J connectivity index is 3.09. The molecule has 1 rings (SSSR count). The molecule has 0 atom stereocenters. The Bertz CT molecular complexity index is 196. The summed E-state index contributed by atoms with van der Waals surface area (Å²) in [7, 11) is 0. The van der Waals surface area contributed by atoms with E-state index in [1.165, 1.54) is 10.3 Å². The fraction of sp³-hybridized carbons (Fsp3) is 0. The number of thiol groups is 1. The molecule has 0 bridgehead atoms. The molecule has 0 fully saturated rings. The zero-order valence-electron chi connectivity index (χ0n) is 3.98. The molecule has 8 heavy (non-hydrogen) atoms. The van der Waals surface area contributed by atoms with Gasteiger partial charge in [0.1, 0.15) is 5.69 Å². The van der Waals surface area contributed by atoms with Gasteiger partial charge in [-0.1, -0.05) is 0 Å². The highest BCUT2D eigenvalue weighted by Crippen LogP contribution is 1.93. The van der Waals surface area contributed by atoms with E-state index in [4.69, 9.17) is 0 Å². The highest BCUT2D eigenvalue weighted by molar-refractivity contribution is 7.78. The second kappa shape index (κ2) is 2.00. The van der Waals surface area contributed by atoms with Crippen molar-refractivity contribution >= 4 is 19.1 Å². The maximum absolute atomic E-state index is 9.98. The van der Waals surface area contributed by atoms with Gasteiger partial charge >= 0.3 is 0 Å². The van der Waals surface area contributed by atoms with E-state index in [2.05, 4.69) is 17.9 Å². The Morgan fingerprint density at radius 3 is 2.88 bits per heavy atom. The van der Waals surface area contributed by atoms with Gasteiger partial charge in [-0.3, -0.25) is 4.79 Å². The molecule has 0 spiro atoms. The van der Waals surface area contributed by atoms with Crippen molar-refractivity contribution in [3.05, 3.63) is 18.0 Å². The van der Waals surface area contributed by atoms with Gasteiger partial charge in [0.05, 0.1) is 6.20 Å². The third-order valence-corrected chi connectivity index (χ3v) is 1.11. The van der Waals surface area contributed by atoms with E-state index >= 15 is 0 Å². The van der Waals surface area contributed by atoms with Crippen LogP contribution in [0.4, 0.5) is 0 Å². The van der Waals surface area contributed by atoms with Crippen LogP contribution in [-0.4, -0.2) is 15.5 Å².